The summed E-state index contributed by atoms with van der Waals surface area (Å²) in [5.41, 5.74) is 2.64. The number of hydrogen-bond acceptors (Lipinski definition) is 5. The van der Waals surface area contributed by atoms with Gasteiger partial charge in [0.15, 0.2) is 11.8 Å². The van der Waals surface area contributed by atoms with Crippen LogP contribution >= 0.6 is 0 Å². The molecule has 2 aliphatic rings. The van der Waals surface area contributed by atoms with E-state index in [9.17, 15) is 0 Å². The van der Waals surface area contributed by atoms with Crippen LogP contribution in [0.15, 0.2) is 23.2 Å². The molecule has 2 aromatic rings. The highest BCUT2D eigenvalue weighted by molar-refractivity contribution is 5.79. The highest BCUT2D eigenvalue weighted by atomic mass is 16.5. The Bertz CT molecular complexity index is 847. The van der Waals surface area contributed by atoms with Crippen LogP contribution in [0.1, 0.15) is 29.2 Å². The Hall–Kier alpha value is -2.61. The van der Waals surface area contributed by atoms with Gasteiger partial charge in [0.1, 0.15) is 18.2 Å². The first-order valence-electron chi connectivity index (χ1n) is 9.88. The Labute approximate surface area is 165 Å². The van der Waals surface area contributed by atoms with E-state index in [4.69, 9.17) is 9.47 Å². The van der Waals surface area contributed by atoms with E-state index in [1.165, 1.54) is 11.1 Å². The molecule has 3 heterocycles. The maximum Gasteiger partial charge on any atom is 0.191 e. The molecule has 0 amide bonds. The van der Waals surface area contributed by atoms with Crippen molar-refractivity contribution in [2.75, 3.05) is 27.3 Å². The van der Waals surface area contributed by atoms with E-state index in [2.05, 4.69) is 43.9 Å². The van der Waals surface area contributed by atoms with Crippen molar-refractivity contribution in [2.24, 2.45) is 4.99 Å². The van der Waals surface area contributed by atoms with Gasteiger partial charge in [0, 0.05) is 39.6 Å². The minimum absolute atomic E-state index is 0.285. The molecule has 0 spiro atoms. The fraction of sp³-hybridized carbons (Fsp3) is 0.550. The Morgan fingerprint density at radius 1 is 1.39 bits per heavy atom. The summed E-state index contributed by atoms with van der Waals surface area (Å²) in [5.74, 6) is 3.65. The number of rotatable bonds is 6. The second kappa shape index (κ2) is 8.60. The first kappa shape index (κ1) is 18.7. The van der Waals surface area contributed by atoms with Crippen LogP contribution in [-0.2, 0) is 37.2 Å². The van der Waals surface area contributed by atoms with Gasteiger partial charge in [-0.25, -0.2) is 9.67 Å². The van der Waals surface area contributed by atoms with Gasteiger partial charge in [0.25, 0.3) is 0 Å². The maximum absolute atomic E-state index is 5.57. The van der Waals surface area contributed by atoms with Gasteiger partial charge < -0.3 is 20.1 Å². The first-order chi connectivity index (χ1) is 13.7. The predicted molar refractivity (Wildman–Crippen MR) is 107 cm³/mol. The zero-order chi connectivity index (χ0) is 19.3. The van der Waals surface area contributed by atoms with Crippen molar-refractivity contribution in [3.63, 3.8) is 0 Å². The number of methoxy groups -OCH3 is 1. The molecule has 0 saturated carbocycles. The molecule has 0 aliphatic carbocycles. The summed E-state index contributed by atoms with van der Waals surface area (Å²) in [5, 5.41) is 11.5. The normalized spacial score (nSPS) is 18.4. The minimum Gasteiger partial charge on any atom is -0.493 e. The third kappa shape index (κ3) is 4.27. The molecule has 28 heavy (non-hydrogen) atoms. The number of nitrogens with zero attached hydrogens (tertiary/aromatic N) is 4. The van der Waals surface area contributed by atoms with Gasteiger partial charge in [-0.15, -0.1) is 0 Å². The monoisotopic (exact) mass is 384 g/mol. The average molecular weight is 384 g/mol. The van der Waals surface area contributed by atoms with Crippen molar-refractivity contribution in [3.8, 4) is 5.75 Å². The molecule has 0 saturated heterocycles. The van der Waals surface area contributed by atoms with Crippen molar-refractivity contribution >= 4 is 5.96 Å². The Morgan fingerprint density at radius 3 is 3.18 bits per heavy atom. The van der Waals surface area contributed by atoms with E-state index < -0.39 is 0 Å². The van der Waals surface area contributed by atoms with Crippen molar-refractivity contribution in [2.45, 2.75) is 44.9 Å². The summed E-state index contributed by atoms with van der Waals surface area (Å²) in [6, 6.07) is 6.77. The maximum atomic E-state index is 5.57. The number of aryl methyl sites for hydroxylation is 1. The SMILES string of the molecule is CN=C(NCCc1ccc2c(c1)CCO2)NC1CCc2nc(COC)nn2C1. The number of guanidine groups is 1. The molecule has 8 nitrogen and oxygen atoms in total. The zero-order valence-corrected chi connectivity index (χ0v) is 16.6. The van der Waals surface area contributed by atoms with Gasteiger partial charge >= 0.3 is 0 Å². The van der Waals surface area contributed by atoms with Crippen LogP contribution < -0.4 is 15.4 Å². The third-order valence-corrected chi connectivity index (χ3v) is 5.20. The minimum atomic E-state index is 0.285. The van der Waals surface area contributed by atoms with E-state index >= 15 is 0 Å². The third-order valence-electron chi connectivity index (χ3n) is 5.20. The van der Waals surface area contributed by atoms with Crippen LogP contribution in [0.25, 0.3) is 0 Å². The summed E-state index contributed by atoms with van der Waals surface area (Å²) in [6.45, 7) is 2.88. The smallest absolute Gasteiger partial charge is 0.191 e. The molecular weight excluding hydrogens is 356 g/mol. The highest BCUT2D eigenvalue weighted by Crippen LogP contribution is 2.25. The van der Waals surface area contributed by atoms with E-state index in [0.717, 1.165) is 68.7 Å². The van der Waals surface area contributed by atoms with E-state index in [1.54, 1.807) is 7.11 Å². The molecule has 8 heteroatoms. The van der Waals surface area contributed by atoms with Crippen LogP contribution in [0, 0.1) is 0 Å². The van der Waals surface area contributed by atoms with Crippen molar-refractivity contribution in [1.29, 1.82) is 0 Å². The van der Waals surface area contributed by atoms with Gasteiger partial charge in [-0.05, 0) is 30.0 Å². The molecule has 1 atom stereocenters. The second-order valence-corrected chi connectivity index (χ2v) is 7.23. The largest absolute Gasteiger partial charge is 0.493 e. The average Bonchev–Trinajstić information content (AvgIpc) is 3.32. The van der Waals surface area contributed by atoms with Crippen LogP contribution in [0.3, 0.4) is 0 Å². The summed E-state index contributed by atoms with van der Waals surface area (Å²) in [6.07, 6.45) is 3.88. The zero-order valence-electron chi connectivity index (χ0n) is 16.6. The fourth-order valence-corrected chi connectivity index (χ4v) is 3.78. The Balaban J connectivity index is 1.27. The van der Waals surface area contributed by atoms with Crippen LogP contribution in [0.2, 0.25) is 0 Å². The lowest BCUT2D eigenvalue weighted by molar-refractivity contribution is 0.177. The molecule has 1 aromatic heterocycles. The van der Waals surface area contributed by atoms with Gasteiger partial charge in [-0.2, -0.15) is 5.10 Å². The first-order valence-corrected chi connectivity index (χ1v) is 9.88. The van der Waals surface area contributed by atoms with E-state index in [0.29, 0.717) is 6.61 Å². The highest BCUT2D eigenvalue weighted by Gasteiger charge is 2.22. The predicted octanol–water partition coefficient (Wildman–Crippen LogP) is 1.08. The number of aliphatic imine (C=N–C) groups is 1. The number of fused-ring (bicyclic) bond motifs is 2. The van der Waals surface area contributed by atoms with Crippen molar-refractivity contribution < 1.29 is 9.47 Å². The summed E-state index contributed by atoms with van der Waals surface area (Å²) < 4.78 is 12.7. The molecule has 2 aliphatic heterocycles. The van der Waals surface area contributed by atoms with E-state index in [-0.39, 0.29) is 6.04 Å². The lowest BCUT2D eigenvalue weighted by atomic mass is 10.1. The number of aromatic nitrogens is 3. The van der Waals surface area contributed by atoms with Gasteiger partial charge in [-0.3, -0.25) is 4.99 Å². The quantitative estimate of drug-likeness (QED) is 0.573. The molecule has 1 unspecified atom stereocenters. The van der Waals surface area contributed by atoms with Crippen molar-refractivity contribution in [1.82, 2.24) is 25.4 Å². The van der Waals surface area contributed by atoms with Crippen LogP contribution in [0.5, 0.6) is 5.75 Å². The fourth-order valence-electron chi connectivity index (χ4n) is 3.78. The molecule has 2 N–H and O–H groups in total. The Morgan fingerprint density at radius 2 is 2.32 bits per heavy atom. The van der Waals surface area contributed by atoms with Gasteiger partial charge in [-0.1, -0.05) is 12.1 Å². The standard InChI is InChI=1S/C20H28N6O2/c1-21-20(22-9-7-14-3-5-17-15(11-14)8-10-28-17)23-16-4-6-19-24-18(13-27-2)25-26(19)12-16/h3,5,11,16H,4,6-10,12-13H2,1-2H3,(H2,21,22,23). The number of benzene rings is 1. The number of ether oxygens (including phenoxy) is 2. The molecule has 4 rings (SSSR count). The van der Waals surface area contributed by atoms with Gasteiger partial charge in [0.05, 0.1) is 13.2 Å². The summed E-state index contributed by atoms with van der Waals surface area (Å²) in [4.78, 5) is 8.90. The number of hydrogen-bond donors (Lipinski definition) is 2. The molecule has 150 valence electrons. The lowest BCUT2D eigenvalue weighted by Crippen LogP contribution is -2.47. The van der Waals surface area contributed by atoms with Crippen LogP contribution in [-0.4, -0.2) is 54.1 Å². The molecule has 0 radical (unpaired) electrons. The van der Waals surface area contributed by atoms with Gasteiger partial charge in [0.2, 0.25) is 0 Å². The Kier molecular flexibility index (Phi) is 5.76. The lowest BCUT2D eigenvalue weighted by Gasteiger charge is -2.25. The van der Waals surface area contributed by atoms with Crippen LogP contribution in [0.4, 0.5) is 0 Å². The molecule has 0 fully saturated rings. The second-order valence-electron chi connectivity index (χ2n) is 7.23. The summed E-state index contributed by atoms with van der Waals surface area (Å²) in [7, 11) is 3.47. The number of nitrogens with one attached hydrogen (secondary N) is 2. The molecular formula is C20H28N6O2. The summed E-state index contributed by atoms with van der Waals surface area (Å²) >= 11 is 0. The topological polar surface area (TPSA) is 85.6 Å². The molecule has 1 aromatic carbocycles. The molecule has 0 bridgehead atoms. The van der Waals surface area contributed by atoms with E-state index in [1.807, 2.05) is 11.7 Å². The van der Waals surface area contributed by atoms with Crippen molar-refractivity contribution in [3.05, 3.63) is 41.0 Å².